The highest BCUT2D eigenvalue weighted by molar-refractivity contribution is 5.94. The molecule has 1 atom stereocenters. The van der Waals surface area contributed by atoms with Crippen LogP contribution in [0.4, 0.5) is 0 Å². The Bertz CT molecular complexity index is 507. The van der Waals surface area contributed by atoms with Crippen molar-refractivity contribution in [3.05, 3.63) is 36.2 Å². The fourth-order valence-corrected chi connectivity index (χ4v) is 1.41. The third-order valence-corrected chi connectivity index (χ3v) is 2.47. The van der Waals surface area contributed by atoms with E-state index in [9.17, 15) is 4.79 Å². The lowest BCUT2D eigenvalue weighted by Gasteiger charge is -2.11. The highest BCUT2D eigenvalue weighted by Gasteiger charge is 2.08. The summed E-state index contributed by atoms with van der Waals surface area (Å²) in [5.41, 5.74) is 6.82. The number of tetrazole rings is 1. The molecular formula is C11H14N6O. The molecule has 0 saturated heterocycles. The number of carbonyl (C=O) groups excluding carboxylic acids is 1. The minimum atomic E-state index is -0.142. The summed E-state index contributed by atoms with van der Waals surface area (Å²) in [4.78, 5) is 11.8. The van der Waals surface area contributed by atoms with Gasteiger partial charge < -0.3 is 11.1 Å². The van der Waals surface area contributed by atoms with Gasteiger partial charge in [-0.15, -0.1) is 5.10 Å². The van der Waals surface area contributed by atoms with Gasteiger partial charge in [0.15, 0.2) is 0 Å². The van der Waals surface area contributed by atoms with E-state index in [0.717, 1.165) is 5.69 Å². The van der Waals surface area contributed by atoms with Crippen molar-refractivity contribution >= 4 is 5.91 Å². The molecule has 0 bridgehead atoms. The Morgan fingerprint density at radius 2 is 2.17 bits per heavy atom. The minimum Gasteiger partial charge on any atom is -0.348 e. The Balaban J connectivity index is 2.10. The van der Waals surface area contributed by atoms with E-state index < -0.39 is 0 Å². The zero-order valence-electron chi connectivity index (χ0n) is 9.95. The molecule has 0 radical (unpaired) electrons. The van der Waals surface area contributed by atoms with Crippen LogP contribution in [-0.2, 0) is 0 Å². The minimum absolute atomic E-state index is 0.0447. The van der Waals surface area contributed by atoms with E-state index in [1.165, 1.54) is 11.0 Å². The molecule has 94 valence electrons. The number of rotatable bonds is 4. The summed E-state index contributed by atoms with van der Waals surface area (Å²) in [5, 5.41) is 13.6. The van der Waals surface area contributed by atoms with E-state index in [1.807, 2.05) is 6.92 Å². The van der Waals surface area contributed by atoms with Crippen molar-refractivity contribution < 1.29 is 4.79 Å². The molecule has 0 fully saturated rings. The SMILES string of the molecule is C[C@@H](CN)NC(=O)c1ccc(-n2cnnn2)cc1. The van der Waals surface area contributed by atoms with Gasteiger partial charge in [0.2, 0.25) is 0 Å². The molecule has 0 aliphatic heterocycles. The monoisotopic (exact) mass is 246 g/mol. The van der Waals surface area contributed by atoms with Crippen LogP contribution in [0, 0.1) is 0 Å². The molecule has 1 aromatic carbocycles. The number of aromatic nitrogens is 4. The van der Waals surface area contributed by atoms with E-state index in [4.69, 9.17) is 5.73 Å². The van der Waals surface area contributed by atoms with Crippen LogP contribution >= 0.6 is 0 Å². The first-order chi connectivity index (χ1) is 8.70. The molecule has 2 aromatic rings. The van der Waals surface area contributed by atoms with Gasteiger partial charge in [-0.2, -0.15) is 0 Å². The van der Waals surface area contributed by atoms with E-state index in [-0.39, 0.29) is 11.9 Å². The quantitative estimate of drug-likeness (QED) is 0.774. The van der Waals surface area contributed by atoms with Crippen molar-refractivity contribution in [1.82, 2.24) is 25.5 Å². The van der Waals surface area contributed by atoms with E-state index in [1.54, 1.807) is 24.3 Å². The molecule has 0 aliphatic carbocycles. The van der Waals surface area contributed by atoms with Crippen molar-refractivity contribution in [3.63, 3.8) is 0 Å². The van der Waals surface area contributed by atoms with Gasteiger partial charge in [0.05, 0.1) is 5.69 Å². The third kappa shape index (κ3) is 2.69. The number of hydrogen-bond donors (Lipinski definition) is 2. The van der Waals surface area contributed by atoms with Crippen LogP contribution in [0.5, 0.6) is 0 Å². The first-order valence-corrected chi connectivity index (χ1v) is 5.55. The smallest absolute Gasteiger partial charge is 0.251 e. The molecule has 3 N–H and O–H groups in total. The average Bonchev–Trinajstić information content (AvgIpc) is 2.92. The summed E-state index contributed by atoms with van der Waals surface area (Å²) in [6, 6.07) is 6.94. The van der Waals surface area contributed by atoms with Gasteiger partial charge in [-0.25, -0.2) is 4.68 Å². The van der Waals surface area contributed by atoms with Crippen molar-refractivity contribution in [2.24, 2.45) is 5.73 Å². The molecule has 0 spiro atoms. The van der Waals surface area contributed by atoms with Crippen LogP contribution in [0.2, 0.25) is 0 Å². The van der Waals surface area contributed by atoms with Gasteiger partial charge in [0.1, 0.15) is 6.33 Å². The Hall–Kier alpha value is -2.28. The Morgan fingerprint density at radius 3 is 2.72 bits per heavy atom. The number of hydrogen-bond acceptors (Lipinski definition) is 5. The van der Waals surface area contributed by atoms with Crippen LogP contribution in [0.25, 0.3) is 5.69 Å². The number of amides is 1. The Morgan fingerprint density at radius 1 is 1.44 bits per heavy atom. The van der Waals surface area contributed by atoms with E-state index in [2.05, 4.69) is 20.8 Å². The summed E-state index contributed by atoms with van der Waals surface area (Å²) in [5.74, 6) is -0.142. The zero-order valence-corrected chi connectivity index (χ0v) is 9.95. The van der Waals surface area contributed by atoms with Gasteiger partial charge in [0, 0.05) is 18.2 Å². The van der Waals surface area contributed by atoms with Crippen LogP contribution in [0.15, 0.2) is 30.6 Å². The number of nitrogens with two attached hydrogens (primary N) is 1. The number of carbonyl (C=O) groups is 1. The molecular weight excluding hydrogens is 232 g/mol. The van der Waals surface area contributed by atoms with Crippen LogP contribution in [0.1, 0.15) is 17.3 Å². The molecule has 7 heteroatoms. The van der Waals surface area contributed by atoms with Crippen molar-refractivity contribution in [1.29, 1.82) is 0 Å². The molecule has 0 aliphatic rings. The lowest BCUT2D eigenvalue weighted by atomic mass is 10.2. The second-order valence-electron chi connectivity index (χ2n) is 3.91. The van der Waals surface area contributed by atoms with Gasteiger partial charge in [-0.1, -0.05) is 0 Å². The topological polar surface area (TPSA) is 98.7 Å². The summed E-state index contributed by atoms with van der Waals surface area (Å²) >= 11 is 0. The second kappa shape index (κ2) is 5.37. The predicted octanol–water partition coefficient (Wildman–Crippen LogP) is -0.261. The molecule has 2 rings (SSSR count). The molecule has 1 aromatic heterocycles. The molecule has 1 heterocycles. The third-order valence-electron chi connectivity index (χ3n) is 2.47. The highest BCUT2D eigenvalue weighted by atomic mass is 16.1. The predicted molar refractivity (Wildman–Crippen MR) is 65.1 cm³/mol. The van der Waals surface area contributed by atoms with Gasteiger partial charge in [0.25, 0.3) is 5.91 Å². The largest absolute Gasteiger partial charge is 0.348 e. The summed E-state index contributed by atoms with van der Waals surface area (Å²) in [6.45, 7) is 2.27. The summed E-state index contributed by atoms with van der Waals surface area (Å²) in [6.07, 6.45) is 1.49. The first-order valence-electron chi connectivity index (χ1n) is 5.55. The molecule has 18 heavy (non-hydrogen) atoms. The average molecular weight is 246 g/mol. The maximum Gasteiger partial charge on any atom is 0.251 e. The summed E-state index contributed by atoms with van der Waals surface area (Å²) < 4.78 is 1.52. The van der Waals surface area contributed by atoms with Crippen molar-refractivity contribution in [2.45, 2.75) is 13.0 Å². The van der Waals surface area contributed by atoms with Crippen molar-refractivity contribution in [2.75, 3.05) is 6.54 Å². The standard InChI is InChI=1S/C11H14N6O/c1-8(6-12)14-11(18)9-2-4-10(5-3-9)17-7-13-15-16-17/h2-5,7-8H,6,12H2,1H3,(H,14,18)/t8-/m0/s1. The second-order valence-corrected chi connectivity index (χ2v) is 3.91. The zero-order chi connectivity index (χ0) is 13.0. The maximum atomic E-state index is 11.8. The Labute approximate surface area is 104 Å². The van der Waals surface area contributed by atoms with Crippen LogP contribution < -0.4 is 11.1 Å². The number of nitrogens with zero attached hydrogens (tertiary/aromatic N) is 4. The lowest BCUT2D eigenvalue weighted by Crippen LogP contribution is -2.37. The first kappa shape index (κ1) is 12.2. The highest BCUT2D eigenvalue weighted by Crippen LogP contribution is 2.07. The van der Waals surface area contributed by atoms with Gasteiger partial charge in [-0.05, 0) is 41.6 Å². The number of benzene rings is 1. The van der Waals surface area contributed by atoms with Gasteiger partial charge >= 0.3 is 0 Å². The fraction of sp³-hybridized carbons (Fsp3) is 0.273. The van der Waals surface area contributed by atoms with Crippen LogP contribution in [-0.4, -0.2) is 38.7 Å². The lowest BCUT2D eigenvalue weighted by molar-refractivity contribution is 0.0941. The number of nitrogens with one attached hydrogen (secondary N) is 1. The molecule has 0 saturated carbocycles. The van der Waals surface area contributed by atoms with Gasteiger partial charge in [-0.3, -0.25) is 4.79 Å². The fourth-order valence-electron chi connectivity index (χ4n) is 1.41. The van der Waals surface area contributed by atoms with E-state index >= 15 is 0 Å². The normalized spacial score (nSPS) is 12.1. The van der Waals surface area contributed by atoms with Crippen LogP contribution in [0.3, 0.4) is 0 Å². The maximum absolute atomic E-state index is 11.8. The molecule has 7 nitrogen and oxygen atoms in total. The molecule has 1 amide bonds. The summed E-state index contributed by atoms with van der Waals surface area (Å²) in [7, 11) is 0. The van der Waals surface area contributed by atoms with Crippen molar-refractivity contribution in [3.8, 4) is 5.69 Å². The molecule has 0 unspecified atom stereocenters. The Kier molecular flexibility index (Phi) is 3.63. The van der Waals surface area contributed by atoms with E-state index in [0.29, 0.717) is 12.1 Å².